The van der Waals surface area contributed by atoms with Crippen molar-refractivity contribution in [2.24, 2.45) is 0 Å². The maximum atomic E-state index is 12.5. The fraction of sp³-hybridized carbons (Fsp3) is 0.438. The average molecular weight is 439 g/mol. The molecule has 30 heavy (non-hydrogen) atoms. The van der Waals surface area contributed by atoms with Crippen molar-refractivity contribution < 1.29 is 33.9 Å². The van der Waals surface area contributed by atoms with Gasteiger partial charge in [0.2, 0.25) is 11.7 Å². The van der Waals surface area contributed by atoms with E-state index in [0.717, 1.165) is 11.1 Å². The van der Waals surface area contributed by atoms with Crippen LogP contribution >= 0.6 is 11.8 Å². The summed E-state index contributed by atoms with van der Waals surface area (Å²) in [6.45, 7) is 2.17. The minimum Gasteiger partial charge on any atom is -0.477 e. The minimum atomic E-state index is -1.33. The molecule has 0 radical (unpaired) electrons. The van der Waals surface area contributed by atoms with Gasteiger partial charge in [-0.05, 0) is 9.91 Å². The molecule has 160 valence electrons. The molecule has 1 fully saturated rings. The number of carboxylic acid groups (broad SMARTS) is 1. The highest BCUT2D eigenvalue weighted by molar-refractivity contribution is 8.00. The third kappa shape index (κ3) is 3.98. The lowest BCUT2D eigenvalue weighted by molar-refractivity contribution is -0.389. The molecular weight excluding hydrogens is 422 g/mol. The first kappa shape index (κ1) is 21.3. The number of carboxylic acids is 1. The fourth-order valence-electron chi connectivity index (χ4n) is 3.10. The smallest absolute Gasteiger partial charge is 0.381 e. The number of β-lactam (4-membered cyclic amide) rings is 1. The Morgan fingerprint density at radius 1 is 1.47 bits per heavy atom. The normalized spacial score (nSPS) is 20.3. The Hall–Kier alpha value is -3.42. The van der Waals surface area contributed by atoms with Crippen LogP contribution in [0, 0.1) is 17.0 Å². The second-order valence-electron chi connectivity index (χ2n) is 6.52. The molecular formula is C16H17N5O8S. The lowest BCUT2D eigenvalue weighted by Crippen LogP contribution is -2.70. The minimum absolute atomic E-state index is 0.211. The molecule has 14 heteroatoms. The number of aryl methyl sites for hydroxylation is 1. The predicted molar refractivity (Wildman–Crippen MR) is 99.9 cm³/mol. The molecule has 3 rings (SSSR count). The van der Waals surface area contributed by atoms with E-state index in [1.807, 2.05) is 0 Å². The van der Waals surface area contributed by atoms with Crippen molar-refractivity contribution in [3.05, 3.63) is 33.4 Å². The van der Waals surface area contributed by atoms with Crippen LogP contribution in [-0.4, -0.2) is 72.0 Å². The number of thioether (sulfide) groups is 1. The summed E-state index contributed by atoms with van der Waals surface area (Å²) in [5.41, 5.74) is 0.0370. The van der Waals surface area contributed by atoms with Gasteiger partial charge in [0, 0.05) is 25.2 Å². The van der Waals surface area contributed by atoms with E-state index in [1.54, 1.807) is 0 Å². The van der Waals surface area contributed by atoms with Gasteiger partial charge in [-0.2, -0.15) is 0 Å². The molecule has 0 aliphatic carbocycles. The summed E-state index contributed by atoms with van der Waals surface area (Å²) in [5.74, 6) is -3.01. The number of fused-ring (bicyclic) bond motifs is 1. The van der Waals surface area contributed by atoms with Gasteiger partial charge in [0.1, 0.15) is 36.5 Å². The fourth-order valence-corrected chi connectivity index (χ4v) is 4.42. The highest BCUT2D eigenvalue weighted by Gasteiger charge is 2.54. The molecule has 0 unspecified atom stereocenters. The lowest BCUT2D eigenvalue weighted by Gasteiger charge is -2.49. The molecule has 1 saturated heterocycles. The van der Waals surface area contributed by atoms with Crippen LogP contribution in [0.4, 0.5) is 5.82 Å². The van der Waals surface area contributed by atoms with E-state index < -0.39 is 45.9 Å². The van der Waals surface area contributed by atoms with E-state index in [0.29, 0.717) is 5.57 Å². The predicted octanol–water partition coefficient (Wildman–Crippen LogP) is -0.599. The molecule has 0 aromatic carbocycles. The van der Waals surface area contributed by atoms with Crippen LogP contribution < -0.4 is 5.32 Å². The van der Waals surface area contributed by atoms with E-state index in [1.165, 1.54) is 30.2 Å². The quantitative estimate of drug-likeness (QED) is 0.242. The Morgan fingerprint density at radius 3 is 2.73 bits per heavy atom. The Kier molecular flexibility index (Phi) is 5.78. The lowest BCUT2D eigenvalue weighted by atomic mass is 10.0. The van der Waals surface area contributed by atoms with Crippen LogP contribution in [0.25, 0.3) is 0 Å². The second kappa shape index (κ2) is 8.14. The number of ether oxygens (including phenoxy) is 1. The third-order valence-electron chi connectivity index (χ3n) is 4.48. The molecule has 1 aromatic rings. The van der Waals surface area contributed by atoms with E-state index in [9.17, 15) is 34.4 Å². The topological polar surface area (TPSA) is 174 Å². The van der Waals surface area contributed by atoms with Crippen LogP contribution in [0.1, 0.15) is 12.7 Å². The number of nitrogens with zero attached hydrogens (tertiary/aromatic N) is 4. The van der Waals surface area contributed by atoms with Crippen molar-refractivity contribution in [1.82, 2.24) is 19.8 Å². The first-order valence-electron chi connectivity index (χ1n) is 8.61. The first-order chi connectivity index (χ1) is 14.1. The number of hydrogen-bond donors (Lipinski definition) is 2. The van der Waals surface area contributed by atoms with Crippen molar-refractivity contribution >= 4 is 41.3 Å². The second-order valence-corrected chi connectivity index (χ2v) is 7.63. The Bertz CT molecular complexity index is 986. The number of carbonyl (C=O) groups excluding carboxylic acids is 3. The Morgan fingerprint density at radius 2 is 2.17 bits per heavy atom. The van der Waals surface area contributed by atoms with Crippen molar-refractivity contribution in [2.45, 2.75) is 31.8 Å². The number of amides is 2. The highest BCUT2D eigenvalue weighted by Crippen LogP contribution is 2.40. The molecule has 2 aliphatic heterocycles. The number of aliphatic carboxylic acids is 1. The van der Waals surface area contributed by atoms with Gasteiger partial charge in [-0.25, -0.2) is 4.79 Å². The van der Waals surface area contributed by atoms with Gasteiger partial charge in [0.05, 0.1) is 0 Å². The van der Waals surface area contributed by atoms with Crippen molar-refractivity contribution in [3.63, 3.8) is 0 Å². The zero-order valence-corrected chi connectivity index (χ0v) is 16.7. The summed E-state index contributed by atoms with van der Waals surface area (Å²) in [6.07, 6.45) is 1.12. The molecule has 2 atom stereocenters. The van der Waals surface area contributed by atoms with Gasteiger partial charge in [-0.15, -0.1) is 11.8 Å². The van der Waals surface area contributed by atoms with E-state index in [4.69, 9.17) is 4.74 Å². The van der Waals surface area contributed by atoms with Gasteiger partial charge >= 0.3 is 17.8 Å². The number of nitrogens with one attached hydrogen (secondary N) is 1. The molecule has 2 aliphatic rings. The van der Waals surface area contributed by atoms with Crippen molar-refractivity contribution in [1.29, 1.82) is 0 Å². The Balaban J connectivity index is 1.69. The molecule has 0 saturated carbocycles. The highest BCUT2D eigenvalue weighted by atomic mass is 32.2. The van der Waals surface area contributed by atoms with Crippen LogP contribution in [0.15, 0.2) is 17.5 Å². The summed E-state index contributed by atoms with van der Waals surface area (Å²) in [7, 11) is 0. The molecule has 1 aromatic heterocycles. The molecule has 13 nitrogen and oxygen atoms in total. The maximum Gasteiger partial charge on any atom is 0.381 e. The van der Waals surface area contributed by atoms with E-state index >= 15 is 0 Å². The van der Waals surface area contributed by atoms with Crippen LogP contribution in [-0.2, 0) is 30.5 Å². The van der Waals surface area contributed by atoms with Crippen LogP contribution in [0.2, 0.25) is 0 Å². The molecule has 2 N–H and O–H groups in total. The number of imidazole rings is 1. The first-order valence-corrected chi connectivity index (χ1v) is 9.66. The third-order valence-corrected chi connectivity index (χ3v) is 5.82. The van der Waals surface area contributed by atoms with Crippen LogP contribution in [0.5, 0.6) is 0 Å². The number of nitro groups is 1. The number of aromatic nitrogens is 2. The van der Waals surface area contributed by atoms with Crippen molar-refractivity contribution in [3.8, 4) is 0 Å². The summed E-state index contributed by atoms with van der Waals surface area (Å²) >= 11 is 1.23. The standard InChI is InChI=1S/C16H17N5O8S/c1-7-17-10(21(27)28)3-19(7)4-11(23)18-12-14(24)20-13(16(25)26)9(5-29-8(2)22)6-30-15(12)20/h3,12,15H,4-6H2,1-2H3,(H,18,23)(H,25,26)/t12-,15-/m1/s1. The average Bonchev–Trinajstić information content (AvgIpc) is 3.04. The molecule has 0 bridgehead atoms. The van der Waals surface area contributed by atoms with Gasteiger partial charge in [-0.3, -0.25) is 23.9 Å². The number of carbonyl (C=O) groups is 4. The van der Waals surface area contributed by atoms with Gasteiger partial charge < -0.3 is 25.3 Å². The van der Waals surface area contributed by atoms with E-state index in [2.05, 4.69) is 10.3 Å². The van der Waals surface area contributed by atoms with Crippen LogP contribution in [0.3, 0.4) is 0 Å². The zero-order chi connectivity index (χ0) is 22.2. The molecule has 3 heterocycles. The Labute approximate surface area is 173 Å². The largest absolute Gasteiger partial charge is 0.477 e. The zero-order valence-electron chi connectivity index (χ0n) is 15.9. The van der Waals surface area contributed by atoms with Gasteiger partial charge in [-0.1, -0.05) is 0 Å². The monoisotopic (exact) mass is 439 g/mol. The maximum absolute atomic E-state index is 12.5. The summed E-state index contributed by atoms with van der Waals surface area (Å²) in [5, 5.41) is 22.2. The molecule has 0 spiro atoms. The number of hydrogen-bond acceptors (Lipinski definition) is 9. The van der Waals surface area contributed by atoms with Crippen molar-refractivity contribution in [2.75, 3.05) is 12.4 Å². The summed E-state index contributed by atoms with van der Waals surface area (Å²) in [6, 6.07) is -0.939. The number of esters is 1. The summed E-state index contributed by atoms with van der Waals surface area (Å²) in [4.78, 5) is 62.4. The SMILES string of the molecule is CC(=O)OCC1=C(C(=O)O)N2C(=O)[C@@H](NC(=O)Cn3cc([N+](=O)[O-])nc3C)[C@H]2SC1. The summed E-state index contributed by atoms with van der Waals surface area (Å²) < 4.78 is 6.13. The number of rotatable bonds is 7. The van der Waals surface area contributed by atoms with E-state index in [-0.39, 0.29) is 30.4 Å². The molecule has 2 amide bonds. The van der Waals surface area contributed by atoms with Gasteiger partial charge in [0.15, 0.2) is 0 Å². The van der Waals surface area contributed by atoms with Gasteiger partial charge in [0.25, 0.3) is 5.91 Å².